The Morgan fingerprint density at radius 2 is 2.06 bits per heavy atom. The smallest absolute Gasteiger partial charge is 0.148 e. The zero-order valence-electron chi connectivity index (χ0n) is 10.4. The van der Waals surface area contributed by atoms with E-state index in [0.29, 0.717) is 0 Å². The third-order valence-corrected chi connectivity index (χ3v) is 3.70. The van der Waals surface area contributed by atoms with Gasteiger partial charge in [0.25, 0.3) is 0 Å². The second-order valence-electron chi connectivity index (χ2n) is 4.17. The largest absolute Gasteiger partial charge is 0.319 e. The molecule has 1 aromatic heterocycles. The van der Waals surface area contributed by atoms with Gasteiger partial charge in [0, 0.05) is 18.5 Å². The topological polar surface area (TPSA) is 37.8 Å². The van der Waals surface area contributed by atoms with Crippen molar-refractivity contribution in [3.05, 3.63) is 34.3 Å². The van der Waals surface area contributed by atoms with Crippen LogP contribution in [0.25, 0.3) is 10.6 Å². The van der Waals surface area contributed by atoms with Crippen LogP contribution in [-0.4, -0.2) is 23.8 Å². The fourth-order valence-electron chi connectivity index (χ4n) is 1.66. The minimum Gasteiger partial charge on any atom is -0.319 e. The van der Waals surface area contributed by atoms with E-state index in [0.717, 1.165) is 23.0 Å². The highest BCUT2D eigenvalue weighted by atomic mass is 32.1. The van der Waals surface area contributed by atoms with Crippen LogP contribution in [0, 0.1) is 13.8 Å². The van der Waals surface area contributed by atoms with Gasteiger partial charge in [-0.05, 0) is 32.5 Å². The van der Waals surface area contributed by atoms with Crippen molar-refractivity contribution in [2.24, 2.45) is 0 Å². The predicted molar refractivity (Wildman–Crippen MR) is 72.4 cm³/mol. The van der Waals surface area contributed by atoms with Gasteiger partial charge in [0.1, 0.15) is 10.0 Å². The molecule has 0 radical (unpaired) electrons. The van der Waals surface area contributed by atoms with Gasteiger partial charge in [0.15, 0.2) is 0 Å². The molecule has 1 aromatic carbocycles. The molecule has 0 amide bonds. The second-order valence-corrected chi connectivity index (χ2v) is 5.23. The van der Waals surface area contributed by atoms with Gasteiger partial charge < -0.3 is 5.32 Å². The normalized spacial score (nSPS) is 10.8. The Kier molecular flexibility index (Phi) is 3.86. The van der Waals surface area contributed by atoms with Crippen LogP contribution in [0.1, 0.15) is 16.1 Å². The highest BCUT2D eigenvalue weighted by Gasteiger charge is 2.08. The van der Waals surface area contributed by atoms with E-state index >= 15 is 0 Å². The molecular formula is C13H17N3S. The third kappa shape index (κ3) is 2.90. The number of rotatable bonds is 4. The number of aryl methyl sites for hydroxylation is 2. The molecule has 0 aliphatic heterocycles. The van der Waals surface area contributed by atoms with Gasteiger partial charge in [-0.2, -0.15) is 0 Å². The van der Waals surface area contributed by atoms with E-state index in [2.05, 4.69) is 47.6 Å². The van der Waals surface area contributed by atoms with Crippen LogP contribution < -0.4 is 5.32 Å². The average molecular weight is 247 g/mol. The first-order chi connectivity index (χ1) is 8.20. The van der Waals surface area contributed by atoms with Crippen LogP contribution in [0.15, 0.2) is 18.2 Å². The molecule has 0 unspecified atom stereocenters. The van der Waals surface area contributed by atoms with Crippen molar-refractivity contribution < 1.29 is 0 Å². The van der Waals surface area contributed by atoms with Crippen molar-refractivity contribution in [1.29, 1.82) is 0 Å². The number of benzene rings is 1. The van der Waals surface area contributed by atoms with Crippen molar-refractivity contribution in [3.63, 3.8) is 0 Å². The number of nitrogens with one attached hydrogen (secondary N) is 1. The Balaban J connectivity index is 2.27. The third-order valence-electron chi connectivity index (χ3n) is 2.68. The Bertz CT molecular complexity index is 505. The molecule has 0 atom stereocenters. The number of nitrogens with zero attached hydrogens (tertiary/aromatic N) is 2. The maximum absolute atomic E-state index is 4.28. The van der Waals surface area contributed by atoms with Gasteiger partial charge in [-0.15, -0.1) is 10.2 Å². The summed E-state index contributed by atoms with van der Waals surface area (Å²) >= 11 is 1.69. The summed E-state index contributed by atoms with van der Waals surface area (Å²) in [5.41, 5.74) is 3.72. The fraction of sp³-hybridized carbons (Fsp3) is 0.385. The molecule has 0 saturated heterocycles. The van der Waals surface area contributed by atoms with Gasteiger partial charge >= 0.3 is 0 Å². The zero-order chi connectivity index (χ0) is 12.3. The van der Waals surface area contributed by atoms with E-state index in [1.54, 1.807) is 11.3 Å². The number of hydrogen-bond acceptors (Lipinski definition) is 4. The molecule has 0 bridgehead atoms. The summed E-state index contributed by atoms with van der Waals surface area (Å²) in [5, 5.41) is 13.8. The summed E-state index contributed by atoms with van der Waals surface area (Å²) in [6.45, 7) is 5.16. The molecule has 1 heterocycles. The molecule has 3 nitrogen and oxygen atoms in total. The van der Waals surface area contributed by atoms with Crippen LogP contribution in [0.3, 0.4) is 0 Å². The average Bonchev–Trinajstić information content (AvgIpc) is 2.78. The van der Waals surface area contributed by atoms with E-state index in [9.17, 15) is 0 Å². The lowest BCUT2D eigenvalue weighted by atomic mass is 10.1. The molecule has 0 aliphatic carbocycles. The molecule has 2 rings (SSSR count). The summed E-state index contributed by atoms with van der Waals surface area (Å²) < 4.78 is 0. The summed E-state index contributed by atoms with van der Waals surface area (Å²) in [7, 11) is 1.95. The summed E-state index contributed by atoms with van der Waals surface area (Å²) in [6.07, 6.45) is 0.943. The van der Waals surface area contributed by atoms with Gasteiger partial charge in [-0.1, -0.05) is 29.0 Å². The molecule has 0 spiro atoms. The van der Waals surface area contributed by atoms with E-state index in [-0.39, 0.29) is 0 Å². The Morgan fingerprint density at radius 1 is 1.24 bits per heavy atom. The van der Waals surface area contributed by atoms with E-state index in [1.807, 2.05) is 7.05 Å². The molecule has 2 aromatic rings. The predicted octanol–water partition coefficient (Wildman–Crippen LogP) is 2.58. The monoisotopic (exact) mass is 247 g/mol. The molecule has 90 valence electrons. The molecule has 0 fully saturated rings. The Morgan fingerprint density at radius 3 is 2.82 bits per heavy atom. The molecule has 0 saturated carbocycles. The molecule has 4 heteroatoms. The number of aromatic nitrogens is 2. The van der Waals surface area contributed by atoms with Gasteiger partial charge in [0.05, 0.1) is 0 Å². The van der Waals surface area contributed by atoms with Crippen LogP contribution in [0.5, 0.6) is 0 Å². The summed E-state index contributed by atoms with van der Waals surface area (Å²) in [5.74, 6) is 0. The number of likely N-dealkylation sites (N-methyl/N-ethyl adjacent to an activating group) is 1. The Hall–Kier alpha value is -1.26. The molecule has 0 aliphatic rings. The zero-order valence-corrected chi connectivity index (χ0v) is 11.3. The van der Waals surface area contributed by atoms with Gasteiger partial charge in [-0.25, -0.2) is 0 Å². The van der Waals surface area contributed by atoms with Crippen LogP contribution in [0.2, 0.25) is 0 Å². The fourth-order valence-corrected chi connectivity index (χ4v) is 2.58. The first kappa shape index (κ1) is 12.2. The molecule has 17 heavy (non-hydrogen) atoms. The van der Waals surface area contributed by atoms with Crippen molar-refractivity contribution in [2.45, 2.75) is 20.3 Å². The Labute approximate surface area is 106 Å². The first-order valence-electron chi connectivity index (χ1n) is 5.75. The lowest BCUT2D eigenvalue weighted by Crippen LogP contribution is -2.09. The highest BCUT2D eigenvalue weighted by Crippen LogP contribution is 2.27. The second kappa shape index (κ2) is 5.38. The van der Waals surface area contributed by atoms with Crippen LogP contribution in [-0.2, 0) is 6.42 Å². The van der Waals surface area contributed by atoms with E-state index in [1.165, 1.54) is 16.7 Å². The van der Waals surface area contributed by atoms with Gasteiger partial charge in [-0.3, -0.25) is 0 Å². The van der Waals surface area contributed by atoms with Crippen molar-refractivity contribution in [3.8, 4) is 10.6 Å². The maximum Gasteiger partial charge on any atom is 0.148 e. The number of hydrogen-bond donors (Lipinski definition) is 1. The van der Waals surface area contributed by atoms with Crippen molar-refractivity contribution in [2.75, 3.05) is 13.6 Å². The van der Waals surface area contributed by atoms with Crippen molar-refractivity contribution in [1.82, 2.24) is 15.5 Å². The molecule has 1 N–H and O–H groups in total. The molecular weight excluding hydrogens is 230 g/mol. The van der Waals surface area contributed by atoms with E-state index in [4.69, 9.17) is 0 Å². The summed E-state index contributed by atoms with van der Waals surface area (Å²) in [4.78, 5) is 0. The highest BCUT2D eigenvalue weighted by molar-refractivity contribution is 7.14. The van der Waals surface area contributed by atoms with Crippen molar-refractivity contribution >= 4 is 11.3 Å². The maximum atomic E-state index is 4.28. The minimum atomic E-state index is 0.943. The van der Waals surface area contributed by atoms with Gasteiger partial charge in [0.2, 0.25) is 0 Å². The SMILES string of the molecule is CNCCc1nnc(-c2cc(C)ccc2C)s1. The van der Waals surface area contributed by atoms with E-state index < -0.39 is 0 Å². The lowest BCUT2D eigenvalue weighted by molar-refractivity contribution is 0.779. The minimum absolute atomic E-state index is 0.943. The van der Waals surface area contributed by atoms with Crippen LogP contribution in [0.4, 0.5) is 0 Å². The standard InChI is InChI=1S/C13H17N3S/c1-9-4-5-10(2)11(8-9)13-16-15-12(17-13)6-7-14-3/h4-5,8,14H,6-7H2,1-3H3. The lowest BCUT2D eigenvalue weighted by Gasteiger charge is -2.02. The van der Waals surface area contributed by atoms with Crippen LogP contribution >= 0.6 is 11.3 Å². The summed E-state index contributed by atoms with van der Waals surface area (Å²) in [6, 6.07) is 6.44. The first-order valence-corrected chi connectivity index (χ1v) is 6.57. The quantitative estimate of drug-likeness (QED) is 0.902.